The number of allylic oxidation sites excluding steroid dienone is 2. The summed E-state index contributed by atoms with van der Waals surface area (Å²) in [5, 5.41) is 0. The summed E-state index contributed by atoms with van der Waals surface area (Å²) in [7, 11) is 0. The van der Waals surface area contributed by atoms with Gasteiger partial charge < -0.3 is 0 Å². The Hall–Kier alpha value is -0.340. The Morgan fingerprint density at radius 1 is 1.15 bits per heavy atom. The van der Waals surface area contributed by atoms with Crippen LogP contribution < -0.4 is 0 Å². The van der Waals surface area contributed by atoms with Gasteiger partial charge in [0, 0.05) is 0 Å². The van der Waals surface area contributed by atoms with E-state index in [9.17, 15) is 0 Å². The van der Waals surface area contributed by atoms with E-state index < -0.39 is 0 Å². The Labute approximate surface area is 125 Å². The molecule has 0 saturated carbocycles. The van der Waals surface area contributed by atoms with Crippen LogP contribution >= 0.6 is 0 Å². The molecular weight excluding hydrogens is 248 g/mol. The van der Waals surface area contributed by atoms with Crippen molar-refractivity contribution in [2.75, 3.05) is 0 Å². The third-order valence-electron chi connectivity index (χ3n) is 4.88. The summed E-state index contributed by atoms with van der Waals surface area (Å²) in [6.45, 7) is 11.2. The average Bonchev–Trinajstić information content (AvgIpc) is 2.51. The highest BCUT2D eigenvalue weighted by Crippen LogP contribution is 2.41. The van der Waals surface area contributed by atoms with Gasteiger partial charge in [-0.2, -0.15) is 0 Å². The second kappa shape index (κ2) is 8.84. The van der Waals surface area contributed by atoms with Crippen molar-refractivity contribution in [3.63, 3.8) is 0 Å². The molecule has 1 fully saturated rings. The second-order valence-corrected chi connectivity index (χ2v) is 6.24. The summed E-state index contributed by atoms with van der Waals surface area (Å²) in [5.74, 6) is 1.25. The first-order valence-corrected chi connectivity index (χ1v) is 8.65. The molecule has 0 aromatic rings. The van der Waals surface area contributed by atoms with Gasteiger partial charge in [0.15, 0.2) is 0 Å². The summed E-state index contributed by atoms with van der Waals surface area (Å²) in [6, 6.07) is 0. The van der Waals surface area contributed by atoms with Crippen LogP contribution in [-0.2, 0) is 9.78 Å². The van der Waals surface area contributed by atoms with Crippen molar-refractivity contribution in [2.24, 2.45) is 11.8 Å². The number of rotatable bonds is 8. The predicted octanol–water partition coefficient (Wildman–Crippen LogP) is 5.67. The highest BCUT2D eigenvalue weighted by Gasteiger charge is 2.42. The van der Waals surface area contributed by atoms with Gasteiger partial charge in [-0.05, 0) is 50.4 Å². The van der Waals surface area contributed by atoms with Crippen LogP contribution in [0.1, 0.15) is 79.6 Å². The molecule has 118 valence electrons. The highest BCUT2D eigenvalue weighted by molar-refractivity contribution is 4.95. The van der Waals surface area contributed by atoms with E-state index in [0.717, 1.165) is 32.1 Å². The Morgan fingerprint density at radius 3 is 2.40 bits per heavy atom. The number of hydrogen-bond acceptors (Lipinski definition) is 2. The summed E-state index contributed by atoms with van der Waals surface area (Å²) >= 11 is 0. The molecule has 1 heterocycles. The zero-order valence-electron chi connectivity index (χ0n) is 14.2. The molecule has 1 aliphatic rings. The zero-order valence-corrected chi connectivity index (χ0v) is 14.2. The van der Waals surface area contributed by atoms with Crippen LogP contribution in [0.5, 0.6) is 0 Å². The maximum Gasteiger partial charge on any atom is 0.104 e. The van der Waals surface area contributed by atoms with Crippen LogP contribution in [-0.4, -0.2) is 11.7 Å². The largest absolute Gasteiger partial charge is 0.233 e. The molecule has 2 heteroatoms. The smallest absolute Gasteiger partial charge is 0.104 e. The van der Waals surface area contributed by atoms with Crippen molar-refractivity contribution in [2.45, 2.75) is 91.3 Å². The molecule has 0 radical (unpaired) electrons. The first kappa shape index (κ1) is 17.7. The fraction of sp³-hybridized carbons (Fsp3) is 0.889. The van der Waals surface area contributed by atoms with Gasteiger partial charge in [-0.15, -0.1) is 0 Å². The molecule has 0 bridgehead atoms. The lowest BCUT2D eigenvalue weighted by atomic mass is 9.77. The quantitative estimate of drug-likeness (QED) is 0.421. The minimum absolute atomic E-state index is 0.0783. The van der Waals surface area contributed by atoms with Gasteiger partial charge in [-0.1, -0.05) is 53.2 Å². The third kappa shape index (κ3) is 4.60. The lowest BCUT2D eigenvalue weighted by molar-refractivity contribution is -0.424. The van der Waals surface area contributed by atoms with Crippen LogP contribution in [0, 0.1) is 11.8 Å². The highest BCUT2D eigenvalue weighted by atomic mass is 17.2. The Kier molecular flexibility index (Phi) is 7.83. The molecular formula is C18H34O2. The maximum atomic E-state index is 5.93. The van der Waals surface area contributed by atoms with Crippen molar-refractivity contribution in [3.05, 3.63) is 12.2 Å². The fourth-order valence-corrected chi connectivity index (χ4v) is 3.31. The van der Waals surface area contributed by atoms with Crippen molar-refractivity contribution in [1.82, 2.24) is 0 Å². The molecule has 0 aliphatic carbocycles. The van der Waals surface area contributed by atoms with Crippen molar-refractivity contribution in [1.29, 1.82) is 0 Å². The molecule has 1 rings (SSSR count). The SMILES string of the molecule is CC/C=C/C(CC)C[C@@]1(CC)C[C@H](CC)[C@H](CC)OO1. The fourth-order valence-electron chi connectivity index (χ4n) is 3.31. The van der Waals surface area contributed by atoms with Crippen LogP contribution in [0.25, 0.3) is 0 Å². The van der Waals surface area contributed by atoms with Crippen molar-refractivity contribution < 1.29 is 9.78 Å². The van der Waals surface area contributed by atoms with E-state index in [-0.39, 0.29) is 11.7 Å². The summed E-state index contributed by atoms with van der Waals surface area (Å²) in [5.41, 5.74) is -0.0783. The third-order valence-corrected chi connectivity index (χ3v) is 4.88. The minimum Gasteiger partial charge on any atom is -0.233 e. The maximum absolute atomic E-state index is 5.93. The first-order chi connectivity index (χ1) is 9.64. The molecule has 0 N–H and O–H groups in total. The first-order valence-electron chi connectivity index (χ1n) is 8.65. The van der Waals surface area contributed by atoms with E-state index in [1.807, 2.05) is 0 Å². The van der Waals surface area contributed by atoms with Crippen LogP contribution in [0.4, 0.5) is 0 Å². The van der Waals surface area contributed by atoms with E-state index in [4.69, 9.17) is 9.78 Å². The predicted molar refractivity (Wildman–Crippen MR) is 85.5 cm³/mol. The van der Waals surface area contributed by atoms with E-state index in [1.54, 1.807) is 0 Å². The van der Waals surface area contributed by atoms with Crippen LogP contribution in [0.15, 0.2) is 12.2 Å². The van der Waals surface area contributed by atoms with E-state index in [0.29, 0.717) is 11.8 Å². The van der Waals surface area contributed by atoms with E-state index in [1.165, 1.54) is 12.8 Å². The molecule has 1 unspecified atom stereocenters. The van der Waals surface area contributed by atoms with Gasteiger partial charge in [0.05, 0.1) is 6.10 Å². The normalized spacial score (nSPS) is 32.6. The molecule has 0 aromatic carbocycles. The number of hydrogen-bond donors (Lipinski definition) is 0. The van der Waals surface area contributed by atoms with Gasteiger partial charge in [0.25, 0.3) is 0 Å². The van der Waals surface area contributed by atoms with Gasteiger partial charge in [0.2, 0.25) is 0 Å². The van der Waals surface area contributed by atoms with Crippen LogP contribution in [0.3, 0.4) is 0 Å². The average molecular weight is 282 g/mol. The van der Waals surface area contributed by atoms with Crippen molar-refractivity contribution >= 4 is 0 Å². The van der Waals surface area contributed by atoms with Crippen molar-refractivity contribution in [3.8, 4) is 0 Å². The molecule has 1 saturated heterocycles. The van der Waals surface area contributed by atoms with Gasteiger partial charge in [-0.3, -0.25) is 0 Å². The van der Waals surface area contributed by atoms with Gasteiger partial charge in [0.1, 0.15) is 5.60 Å². The second-order valence-electron chi connectivity index (χ2n) is 6.24. The lowest BCUT2D eigenvalue weighted by Crippen LogP contribution is -2.45. The summed E-state index contributed by atoms with van der Waals surface area (Å²) in [6.07, 6.45) is 12.7. The molecule has 2 nitrogen and oxygen atoms in total. The molecule has 0 aromatic heterocycles. The standard InChI is InChI=1S/C18H34O2/c1-6-11-12-15(7-2)13-18(10-5)14-16(8-3)17(9-4)19-20-18/h11-12,15-17H,6-10,13-14H2,1-5H3/b12-11+/t15?,16-,17-,18-/m0/s1. The lowest BCUT2D eigenvalue weighted by Gasteiger charge is -2.43. The molecule has 1 aliphatic heterocycles. The van der Waals surface area contributed by atoms with E-state index >= 15 is 0 Å². The van der Waals surface area contributed by atoms with Gasteiger partial charge in [-0.25, -0.2) is 9.78 Å². The summed E-state index contributed by atoms with van der Waals surface area (Å²) in [4.78, 5) is 11.7. The Balaban J connectivity index is 2.74. The monoisotopic (exact) mass is 282 g/mol. The Morgan fingerprint density at radius 2 is 1.90 bits per heavy atom. The van der Waals surface area contributed by atoms with Crippen LogP contribution in [0.2, 0.25) is 0 Å². The van der Waals surface area contributed by atoms with Gasteiger partial charge >= 0.3 is 0 Å². The van der Waals surface area contributed by atoms with E-state index in [2.05, 4.69) is 46.8 Å². The minimum atomic E-state index is -0.0783. The molecule has 4 atom stereocenters. The topological polar surface area (TPSA) is 18.5 Å². The molecule has 20 heavy (non-hydrogen) atoms. The Bertz CT molecular complexity index is 287. The zero-order chi connectivity index (χ0) is 15.0. The molecule has 0 spiro atoms. The summed E-state index contributed by atoms with van der Waals surface area (Å²) < 4.78 is 0. The molecule has 0 amide bonds.